The number of carbonyl (C=O) groups excluding carboxylic acids is 1. The molecule has 9 heteroatoms. The monoisotopic (exact) mass is 808 g/mol. The Morgan fingerprint density at radius 3 is 2.25 bits per heavy atom. The minimum atomic E-state index is -1.34. The molecule has 5 aromatic rings. The summed E-state index contributed by atoms with van der Waals surface area (Å²) in [7, 11) is 1.84. The Morgan fingerprint density at radius 1 is 0.867 bits per heavy atom. The van der Waals surface area contributed by atoms with Crippen molar-refractivity contribution in [3.8, 4) is 17.2 Å². The minimum absolute atomic E-state index is 0.0999. The van der Waals surface area contributed by atoms with Crippen LogP contribution in [0.4, 0.5) is 0 Å². The number of likely N-dealkylation sites (N-methyl/N-ethyl adjacent to an activating group) is 1. The van der Waals surface area contributed by atoms with Crippen LogP contribution in [-0.2, 0) is 9.57 Å². The van der Waals surface area contributed by atoms with E-state index in [0.29, 0.717) is 42.9 Å². The molecule has 0 spiro atoms. The Bertz CT molecular complexity index is 2390. The smallest absolute Gasteiger partial charge is 0.254 e. The molecule has 9 nitrogen and oxygen atoms in total. The zero-order valence-electron chi connectivity index (χ0n) is 34.7. The van der Waals surface area contributed by atoms with Crippen LogP contribution in [0.25, 0.3) is 21.5 Å². The van der Waals surface area contributed by atoms with Crippen LogP contribution in [0, 0.1) is 17.8 Å². The lowest BCUT2D eigenvalue weighted by atomic mass is 9.55. The second-order valence-corrected chi connectivity index (χ2v) is 16.3. The molecule has 0 radical (unpaired) electrons. The van der Waals surface area contributed by atoms with Crippen molar-refractivity contribution in [2.24, 2.45) is 22.9 Å². The van der Waals surface area contributed by atoms with Gasteiger partial charge in [0.25, 0.3) is 5.91 Å². The Kier molecular flexibility index (Phi) is 12.7. The molecule has 2 aliphatic carbocycles. The maximum atomic E-state index is 14.8. The van der Waals surface area contributed by atoms with E-state index in [2.05, 4.69) is 43.0 Å². The predicted octanol–water partition coefficient (Wildman–Crippen LogP) is 10.2. The van der Waals surface area contributed by atoms with Crippen LogP contribution in [0.5, 0.6) is 17.2 Å². The Hall–Kier alpha value is -5.48. The Morgan fingerprint density at radius 2 is 1.53 bits per heavy atom. The number of aliphatic hydroxyl groups excluding tert-OH is 2. The van der Waals surface area contributed by atoms with E-state index in [4.69, 9.17) is 24.2 Å². The Labute approximate surface area is 352 Å². The van der Waals surface area contributed by atoms with Crippen LogP contribution in [0.2, 0.25) is 0 Å². The maximum Gasteiger partial charge on any atom is 0.254 e. The SMILES string of the molecule is C=CCO[C@@]12Oc3ccc(Oc4ccc5ccccc5c4)cc3[C@H]3[C@H](CCCCO)[C@@H](CCCCO)C=C(C(=NOCC)C[C@@H]1N(C)C(=O)c1ccc4ccccc4c1)[C@H]32. The van der Waals surface area contributed by atoms with Crippen molar-refractivity contribution in [3.05, 3.63) is 139 Å². The lowest BCUT2D eigenvalue weighted by Crippen LogP contribution is -2.69. The molecule has 1 amide bonds. The number of nitrogens with zero attached hydrogens (tertiary/aromatic N) is 2. The predicted molar refractivity (Wildman–Crippen MR) is 237 cm³/mol. The summed E-state index contributed by atoms with van der Waals surface area (Å²) in [5.41, 5.74) is 3.34. The van der Waals surface area contributed by atoms with Crippen molar-refractivity contribution in [2.45, 2.75) is 69.6 Å². The topological polar surface area (TPSA) is 110 Å². The number of allylic oxidation sites excluding steroid dienone is 1. The summed E-state index contributed by atoms with van der Waals surface area (Å²) in [6, 6.07) is 33.6. The van der Waals surface area contributed by atoms with Gasteiger partial charge in [-0.2, -0.15) is 0 Å². The molecule has 5 aromatic carbocycles. The quantitative estimate of drug-likeness (QED) is 0.0547. The number of unbranched alkanes of at least 4 members (excludes halogenated alkanes) is 2. The molecule has 0 aromatic heterocycles. The number of ether oxygens (including phenoxy) is 3. The number of aliphatic hydroxyl groups is 2. The number of hydrogen-bond donors (Lipinski definition) is 2. The van der Waals surface area contributed by atoms with Crippen LogP contribution >= 0.6 is 0 Å². The molecule has 60 heavy (non-hydrogen) atoms. The molecular formula is C51H56N2O7. The van der Waals surface area contributed by atoms with Gasteiger partial charge in [-0.1, -0.05) is 90.8 Å². The third-order valence-electron chi connectivity index (χ3n) is 12.7. The molecule has 3 aliphatic rings. The lowest BCUT2D eigenvalue weighted by Gasteiger charge is -2.59. The van der Waals surface area contributed by atoms with Crippen LogP contribution < -0.4 is 9.47 Å². The van der Waals surface area contributed by atoms with Crippen LogP contribution in [0.15, 0.2) is 133 Å². The first-order valence-electron chi connectivity index (χ1n) is 21.5. The average molecular weight is 809 g/mol. The normalized spacial score (nSPS) is 23.6. The van der Waals surface area contributed by atoms with Crippen LogP contribution in [0.1, 0.15) is 73.7 Å². The number of rotatable bonds is 17. The Balaban J connectivity index is 1.29. The summed E-state index contributed by atoms with van der Waals surface area (Å²) in [6.45, 7) is 6.78. The van der Waals surface area contributed by atoms with Gasteiger partial charge in [-0.25, -0.2) is 0 Å². The van der Waals surface area contributed by atoms with Crippen molar-refractivity contribution in [3.63, 3.8) is 0 Å². The average Bonchev–Trinajstić information content (AvgIpc) is 3.28. The second-order valence-electron chi connectivity index (χ2n) is 16.3. The van der Waals surface area contributed by atoms with Gasteiger partial charge in [0.1, 0.15) is 29.9 Å². The van der Waals surface area contributed by atoms with Gasteiger partial charge in [-0.15, -0.1) is 6.58 Å². The molecule has 0 saturated heterocycles. The first-order chi connectivity index (χ1) is 29.4. The molecular weight excluding hydrogens is 753 g/mol. The van der Waals surface area contributed by atoms with Gasteiger partial charge in [0.2, 0.25) is 5.79 Å². The fourth-order valence-electron chi connectivity index (χ4n) is 9.97. The van der Waals surface area contributed by atoms with Gasteiger partial charge < -0.3 is 34.2 Å². The van der Waals surface area contributed by atoms with Gasteiger partial charge in [-0.3, -0.25) is 4.79 Å². The number of hydrogen-bond acceptors (Lipinski definition) is 8. The van der Waals surface area contributed by atoms with E-state index in [-0.39, 0.29) is 43.5 Å². The third kappa shape index (κ3) is 8.06. The van der Waals surface area contributed by atoms with E-state index in [1.807, 2.05) is 86.8 Å². The van der Waals surface area contributed by atoms with E-state index < -0.39 is 17.7 Å². The number of carbonyl (C=O) groups is 1. The highest BCUT2D eigenvalue weighted by Gasteiger charge is 2.65. The fraction of sp³-hybridized carbons (Fsp3) is 0.373. The molecule has 312 valence electrons. The molecule has 1 heterocycles. The van der Waals surface area contributed by atoms with E-state index in [9.17, 15) is 15.0 Å². The summed E-state index contributed by atoms with van der Waals surface area (Å²) in [5, 5.41) is 28.9. The van der Waals surface area contributed by atoms with Gasteiger partial charge in [-0.05, 0) is 114 Å². The number of fused-ring (bicyclic) bond motifs is 4. The van der Waals surface area contributed by atoms with E-state index in [0.717, 1.165) is 69.8 Å². The van der Waals surface area contributed by atoms with Gasteiger partial charge >= 0.3 is 0 Å². The molecule has 8 rings (SSSR count). The zero-order valence-corrected chi connectivity index (χ0v) is 34.7. The fourth-order valence-corrected chi connectivity index (χ4v) is 9.97. The molecule has 0 unspecified atom stereocenters. The summed E-state index contributed by atoms with van der Waals surface area (Å²) < 4.78 is 21.0. The van der Waals surface area contributed by atoms with Crippen LogP contribution in [0.3, 0.4) is 0 Å². The summed E-state index contributed by atoms with van der Waals surface area (Å²) >= 11 is 0. The van der Waals surface area contributed by atoms with Crippen molar-refractivity contribution >= 4 is 33.2 Å². The molecule has 1 aliphatic heterocycles. The van der Waals surface area contributed by atoms with Gasteiger partial charge in [0.15, 0.2) is 0 Å². The van der Waals surface area contributed by atoms with Crippen molar-refractivity contribution in [1.29, 1.82) is 0 Å². The van der Waals surface area contributed by atoms with Crippen molar-refractivity contribution < 1.29 is 34.1 Å². The molecule has 0 bridgehead atoms. The van der Waals surface area contributed by atoms with Gasteiger partial charge in [0, 0.05) is 43.7 Å². The van der Waals surface area contributed by atoms with Gasteiger partial charge in [0.05, 0.1) is 18.2 Å². The maximum absolute atomic E-state index is 14.8. The lowest BCUT2D eigenvalue weighted by molar-refractivity contribution is -0.252. The van der Waals surface area contributed by atoms with E-state index in [1.165, 1.54) is 0 Å². The van der Waals surface area contributed by atoms with E-state index >= 15 is 0 Å². The van der Waals surface area contributed by atoms with Crippen molar-refractivity contribution in [1.82, 2.24) is 4.90 Å². The molecule has 6 atom stereocenters. The largest absolute Gasteiger partial charge is 0.459 e. The van der Waals surface area contributed by atoms with E-state index in [1.54, 1.807) is 11.0 Å². The minimum Gasteiger partial charge on any atom is -0.459 e. The highest BCUT2D eigenvalue weighted by molar-refractivity contribution is 6.04. The summed E-state index contributed by atoms with van der Waals surface area (Å²) in [5.74, 6) is 0.270. The third-order valence-corrected chi connectivity index (χ3v) is 12.7. The highest BCUT2D eigenvalue weighted by atomic mass is 16.7. The molecule has 1 saturated carbocycles. The number of oxime groups is 1. The molecule has 2 N–H and O–H groups in total. The van der Waals surface area contributed by atoms with Crippen molar-refractivity contribution in [2.75, 3.05) is 33.5 Å². The first-order valence-corrected chi connectivity index (χ1v) is 21.5. The molecule has 1 fully saturated rings. The number of amides is 1. The first kappa shape index (κ1) is 41.3. The summed E-state index contributed by atoms with van der Waals surface area (Å²) in [4.78, 5) is 22.4. The van der Waals surface area contributed by atoms with Crippen LogP contribution in [-0.4, -0.2) is 72.0 Å². The number of benzene rings is 5. The highest BCUT2D eigenvalue weighted by Crippen LogP contribution is 2.62. The summed E-state index contributed by atoms with van der Waals surface area (Å²) in [6.07, 6.45) is 9.21. The standard InChI is InChI=1S/C51H56N2O7/c1-4-28-57-51-47(53(3)50(56)39-21-20-34-14-6-8-16-36(34)29-39)33-45(52-58-5-2)43-31-38(18-10-12-26-54)42(19-11-13-27-55)48(49(43)51)44-32-41(24-25-46(44)60-51)59-40-23-22-35-15-7-9-17-37(35)30-40/h4,6-9,14-17,20-25,29-32,38,42,47-49,54-55H,1,5,10-13,18-19,26-28,33H2,2-3H3/t38-,42+,47-,48+,49+,51+/m0/s1. The zero-order chi connectivity index (χ0) is 41.6. The second kappa shape index (κ2) is 18.4.